The lowest BCUT2D eigenvalue weighted by Gasteiger charge is -2.09. The van der Waals surface area contributed by atoms with Crippen LogP contribution < -0.4 is 10.5 Å². The first kappa shape index (κ1) is 11.4. The van der Waals surface area contributed by atoms with Crippen LogP contribution in [0.1, 0.15) is 11.3 Å². The molecule has 2 aromatic rings. The third-order valence-electron chi connectivity index (χ3n) is 2.41. The first-order chi connectivity index (χ1) is 8.06. The van der Waals surface area contributed by atoms with Crippen molar-refractivity contribution in [1.82, 2.24) is 4.98 Å². The second-order valence-corrected chi connectivity index (χ2v) is 3.88. The minimum Gasteiger partial charge on any atom is -0.455 e. The third-order valence-corrected chi connectivity index (χ3v) is 2.41. The summed E-state index contributed by atoms with van der Waals surface area (Å²) in [6.45, 7) is 3.70. The molecule has 0 saturated heterocycles. The van der Waals surface area contributed by atoms with Crippen molar-refractivity contribution < 1.29 is 9.13 Å². The van der Waals surface area contributed by atoms with Gasteiger partial charge in [0.25, 0.3) is 0 Å². The van der Waals surface area contributed by atoms with Crippen molar-refractivity contribution in [3.63, 3.8) is 0 Å². The summed E-state index contributed by atoms with van der Waals surface area (Å²) in [5.41, 5.74) is 7.26. The quantitative estimate of drug-likeness (QED) is 0.809. The minimum atomic E-state index is -0.481. The van der Waals surface area contributed by atoms with Gasteiger partial charge in [0.2, 0.25) is 0 Å². The maximum atomic E-state index is 13.3. The van der Waals surface area contributed by atoms with E-state index in [4.69, 9.17) is 10.5 Å². The zero-order valence-corrected chi connectivity index (χ0v) is 9.70. The predicted molar refractivity (Wildman–Crippen MR) is 64.6 cm³/mol. The van der Waals surface area contributed by atoms with Gasteiger partial charge < -0.3 is 10.5 Å². The lowest BCUT2D eigenvalue weighted by Crippen LogP contribution is -1.95. The Kier molecular flexibility index (Phi) is 2.95. The highest BCUT2D eigenvalue weighted by molar-refractivity contribution is 5.49. The fourth-order valence-electron chi connectivity index (χ4n) is 1.44. The minimum absolute atomic E-state index is 0.122. The molecule has 0 fully saturated rings. The van der Waals surface area contributed by atoms with E-state index in [9.17, 15) is 4.39 Å². The molecular formula is C13H13FN2O. The van der Waals surface area contributed by atoms with E-state index in [1.165, 1.54) is 6.07 Å². The number of nitrogen functional groups attached to an aromatic ring is 1. The van der Waals surface area contributed by atoms with Crippen molar-refractivity contribution in [2.75, 3.05) is 5.73 Å². The highest BCUT2D eigenvalue weighted by atomic mass is 19.1. The summed E-state index contributed by atoms with van der Waals surface area (Å²) in [4.78, 5) is 4.10. The van der Waals surface area contributed by atoms with Crippen LogP contribution in [-0.2, 0) is 0 Å². The summed E-state index contributed by atoms with van der Waals surface area (Å²) in [6, 6.07) is 6.45. The van der Waals surface area contributed by atoms with Gasteiger partial charge in [-0.15, -0.1) is 0 Å². The van der Waals surface area contributed by atoms with Crippen molar-refractivity contribution in [3.8, 4) is 11.5 Å². The highest BCUT2D eigenvalue weighted by Gasteiger charge is 2.07. The van der Waals surface area contributed by atoms with Gasteiger partial charge >= 0.3 is 0 Å². The van der Waals surface area contributed by atoms with Crippen molar-refractivity contribution in [3.05, 3.63) is 47.5 Å². The third kappa shape index (κ3) is 2.53. The Morgan fingerprint density at radius 1 is 1.24 bits per heavy atom. The molecule has 88 valence electrons. The summed E-state index contributed by atoms with van der Waals surface area (Å²) in [5, 5.41) is 0. The zero-order valence-electron chi connectivity index (χ0n) is 9.70. The zero-order chi connectivity index (χ0) is 12.4. The number of aryl methyl sites for hydroxylation is 2. The van der Waals surface area contributed by atoms with E-state index in [2.05, 4.69) is 4.98 Å². The number of nitrogens with zero attached hydrogens (tertiary/aromatic N) is 1. The number of aromatic nitrogens is 1. The first-order valence-corrected chi connectivity index (χ1v) is 5.22. The monoisotopic (exact) mass is 232 g/mol. The average molecular weight is 232 g/mol. The average Bonchev–Trinajstić information content (AvgIpc) is 2.29. The number of hydrogen-bond donors (Lipinski definition) is 1. The molecule has 0 aliphatic heterocycles. The van der Waals surface area contributed by atoms with Crippen LogP contribution in [0, 0.1) is 19.7 Å². The largest absolute Gasteiger partial charge is 0.455 e. The Morgan fingerprint density at radius 3 is 2.65 bits per heavy atom. The lowest BCUT2D eigenvalue weighted by atomic mass is 10.2. The van der Waals surface area contributed by atoms with Crippen molar-refractivity contribution in [2.45, 2.75) is 13.8 Å². The van der Waals surface area contributed by atoms with Crippen LogP contribution >= 0.6 is 0 Å². The second kappa shape index (κ2) is 4.41. The fraction of sp³-hybridized carbons (Fsp3) is 0.154. The van der Waals surface area contributed by atoms with Gasteiger partial charge in [0, 0.05) is 11.8 Å². The van der Waals surface area contributed by atoms with Crippen LogP contribution in [0.3, 0.4) is 0 Å². The number of halogens is 1. The van der Waals surface area contributed by atoms with Crippen LogP contribution in [0.4, 0.5) is 10.1 Å². The standard InChI is InChI=1S/C13H13FN2O/c1-8-5-12(15)11(14)6-13(8)17-10-4-3-9(2)16-7-10/h3-7H,15H2,1-2H3. The van der Waals surface area contributed by atoms with Gasteiger partial charge in [-0.3, -0.25) is 4.98 Å². The van der Waals surface area contributed by atoms with Gasteiger partial charge in [-0.2, -0.15) is 0 Å². The van der Waals surface area contributed by atoms with E-state index in [-0.39, 0.29) is 5.69 Å². The molecule has 1 heterocycles. The van der Waals surface area contributed by atoms with Crippen molar-refractivity contribution in [1.29, 1.82) is 0 Å². The van der Waals surface area contributed by atoms with Crippen molar-refractivity contribution in [2.24, 2.45) is 0 Å². The first-order valence-electron chi connectivity index (χ1n) is 5.22. The van der Waals surface area contributed by atoms with Crippen LogP contribution in [0.5, 0.6) is 11.5 Å². The Morgan fingerprint density at radius 2 is 2.00 bits per heavy atom. The molecule has 0 unspecified atom stereocenters. The molecule has 3 nitrogen and oxygen atoms in total. The van der Waals surface area contributed by atoms with Gasteiger partial charge in [0.1, 0.15) is 17.3 Å². The normalized spacial score (nSPS) is 10.3. The Hall–Kier alpha value is -2.10. The molecule has 4 heteroatoms. The number of rotatable bonds is 2. The van der Waals surface area contributed by atoms with Crippen LogP contribution in [0.15, 0.2) is 30.5 Å². The molecule has 0 amide bonds. The Balaban J connectivity index is 2.30. The van der Waals surface area contributed by atoms with E-state index in [0.717, 1.165) is 11.3 Å². The molecule has 0 spiro atoms. The molecular weight excluding hydrogens is 219 g/mol. The SMILES string of the molecule is Cc1ccc(Oc2cc(F)c(N)cc2C)cn1. The van der Waals surface area contributed by atoms with E-state index in [0.29, 0.717) is 11.5 Å². The molecule has 0 saturated carbocycles. The van der Waals surface area contributed by atoms with Crippen LogP contribution in [0.2, 0.25) is 0 Å². The molecule has 1 aromatic carbocycles. The molecule has 17 heavy (non-hydrogen) atoms. The number of benzene rings is 1. The Bertz CT molecular complexity index is 538. The molecule has 0 bridgehead atoms. The molecule has 0 radical (unpaired) electrons. The molecule has 0 aliphatic carbocycles. The summed E-state index contributed by atoms with van der Waals surface area (Å²) >= 11 is 0. The van der Waals surface area contributed by atoms with E-state index < -0.39 is 5.82 Å². The molecule has 0 aliphatic rings. The number of nitrogens with two attached hydrogens (primary N) is 1. The van der Waals surface area contributed by atoms with E-state index >= 15 is 0 Å². The van der Waals surface area contributed by atoms with Gasteiger partial charge in [-0.1, -0.05) is 0 Å². The maximum Gasteiger partial charge on any atom is 0.149 e. The number of ether oxygens (including phenoxy) is 1. The summed E-state index contributed by atoms with van der Waals surface area (Å²) in [5.74, 6) is 0.538. The van der Waals surface area contributed by atoms with Gasteiger partial charge in [0.05, 0.1) is 11.9 Å². The van der Waals surface area contributed by atoms with Crippen molar-refractivity contribution >= 4 is 5.69 Å². The Labute approximate surface area is 99.1 Å². The second-order valence-electron chi connectivity index (χ2n) is 3.88. The molecule has 0 atom stereocenters. The smallest absolute Gasteiger partial charge is 0.149 e. The summed E-state index contributed by atoms with van der Waals surface area (Å²) in [7, 11) is 0. The predicted octanol–water partition coefficient (Wildman–Crippen LogP) is 3.21. The van der Waals surface area contributed by atoms with Crippen LogP contribution in [-0.4, -0.2) is 4.98 Å². The number of pyridine rings is 1. The van der Waals surface area contributed by atoms with Gasteiger partial charge in [0.15, 0.2) is 0 Å². The summed E-state index contributed by atoms with van der Waals surface area (Å²) in [6.07, 6.45) is 1.60. The van der Waals surface area contributed by atoms with Crippen LogP contribution in [0.25, 0.3) is 0 Å². The molecule has 2 N–H and O–H groups in total. The highest BCUT2D eigenvalue weighted by Crippen LogP contribution is 2.28. The van der Waals surface area contributed by atoms with E-state index in [1.54, 1.807) is 18.3 Å². The molecule has 1 aromatic heterocycles. The van der Waals surface area contributed by atoms with E-state index in [1.807, 2.05) is 19.9 Å². The summed E-state index contributed by atoms with van der Waals surface area (Å²) < 4.78 is 18.8. The number of anilines is 1. The fourth-order valence-corrected chi connectivity index (χ4v) is 1.44. The lowest BCUT2D eigenvalue weighted by molar-refractivity contribution is 0.471. The van der Waals surface area contributed by atoms with Gasteiger partial charge in [-0.25, -0.2) is 4.39 Å². The van der Waals surface area contributed by atoms with Gasteiger partial charge in [-0.05, 0) is 37.6 Å². The number of hydrogen-bond acceptors (Lipinski definition) is 3. The molecule has 2 rings (SSSR count). The maximum absolute atomic E-state index is 13.3. The topological polar surface area (TPSA) is 48.1 Å².